The van der Waals surface area contributed by atoms with Crippen molar-refractivity contribution in [3.05, 3.63) is 48.5 Å². The lowest BCUT2D eigenvalue weighted by Gasteiger charge is -2.28. The van der Waals surface area contributed by atoms with E-state index in [0.717, 1.165) is 31.6 Å². The Morgan fingerprint density at radius 3 is 2.26 bits per heavy atom. The average Bonchev–Trinajstić information content (AvgIpc) is 2.70. The fourth-order valence-electron chi connectivity index (χ4n) is 3.16. The summed E-state index contributed by atoms with van der Waals surface area (Å²) in [5, 5.41) is 0. The second kappa shape index (κ2) is 9.13. The summed E-state index contributed by atoms with van der Waals surface area (Å²) in [5.74, 6) is 0.688. The van der Waals surface area contributed by atoms with Gasteiger partial charge in [0.25, 0.3) is 10.0 Å². The molecule has 0 atom stereocenters. The van der Waals surface area contributed by atoms with E-state index in [1.807, 2.05) is 24.3 Å². The molecule has 2 aromatic rings. The summed E-state index contributed by atoms with van der Waals surface area (Å²) < 4.78 is 33.4. The molecule has 0 aliphatic carbocycles. The lowest BCUT2D eigenvalue weighted by atomic mass is 10.1. The first kappa shape index (κ1) is 19.5. The Morgan fingerprint density at radius 1 is 0.963 bits per heavy atom. The molecule has 1 aliphatic rings. The van der Waals surface area contributed by atoms with Gasteiger partial charge in [-0.05, 0) is 74.2 Å². The fourth-order valence-corrected chi connectivity index (χ4v) is 4.21. The molecule has 1 heterocycles. The topological polar surface area (TPSA) is 58.6 Å². The molecule has 6 heteroatoms. The summed E-state index contributed by atoms with van der Waals surface area (Å²) in [6.45, 7) is 4.88. The summed E-state index contributed by atoms with van der Waals surface area (Å²) in [7, 11) is -3.61. The minimum atomic E-state index is -3.61. The lowest BCUT2D eigenvalue weighted by Crippen LogP contribution is -2.29. The van der Waals surface area contributed by atoms with Gasteiger partial charge in [0.05, 0.1) is 11.5 Å². The highest BCUT2D eigenvalue weighted by atomic mass is 32.2. The Balaban J connectivity index is 1.63. The van der Waals surface area contributed by atoms with Crippen LogP contribution in [0.1, 0.15) is 39.0 Å². The monoisotopic (exact) mass is 388 g/mol. The number of hydrogen-bond donors (Lipinski definition) is 1. The van der Waals surface area contributed by atoms with Crippen molar-refractivity contribution in [2.75, 3.05) is 29.3 Å². The molecule has 5 nitrogen and oxygen atoms in total. The predicted octanol–water partition coefficient (Wildman–Crippen LogP) is 4.66. The minimum absolute atomic E-state index is 0.227. The van der Waals surface area contributed by atoms with E-state index in [2.05, 4.69) is 16.5 Å². The molecule has 146 valence electrons. The Labute approximate surface area is 162 Å². The van der Waals surface area contributed by atoms with Gasteiger partial charge in [0, 0.05) is 24.5 Å². The highest BCUT2D eigenvalue weighted by Crippen LogP contribution is 2.24. The number of nitrogens with one attached hydrogen (secondary N) is 1. The maximum atomic E-state index is 12.6. The molecule has 0 spiro atoms. The molecule has 0 amide bonds. The van der Waals surface area contributed by atoms with Crippen LogP contribution in [0.5, 0.6) is 5.75 Å². The van der Waals surface area contributed by atoms with Crippen molar-refractivity contribution in [1.29, 1.82) is 0 Å². The molecular weight excluding hydrogens is 360 g/mol. The van der Waals surface area contributed by atoms with E-state index in [-0.39, 0.29) is 4.90 Å². The van der Waals surface area contributed by atoms with E-state index in [0.29, 0.717) is 18.0 Å². The van der Waals surface area contributed by atoms with Crippen LogP contribution in [-0.4, -0.2) is 28.1 Å². The van der Waals surface area contributed by atoms with Crippen molar-refractivity contribution >= 4 is 21.4 Å². The number of benzene rings is 2. The molecule has 1 saturated heterocycles. The van der Waals surface area contributed by atoms with Crippen molar-refractivity contribution in [2.45, 2.75) is 43.9 Å². The number of unbranched alkanes of at least 4 members (excludes halogenated alkanes) is 1. The molecule has 0 bridgehead atoms. The zero-order valence-corrected chi connectivity index (χ0v) is 16.7. The van der Waals surface area contributed by atoms with E-state index < -0.39 is 10.0 Å². The van der Waals surface area contributed by atoms with Crippen molar-refractivity contribution < 1.29 is 13.2 Å². The molecule has 0 radical (unpaired) electrons. The highest BCUT2D eigenvalue weighted by Gasteiger charge is 2.15. The molecule has 27 heavy (non-hydrogen) atoms. The van der Waals surface area contributed by atoms with Gasteiger partial charge in [-0.1, -0.05) is 13.3 Å². The van der Waals surface area contributed by atoms with Gasteiger partial charge in [0.15, 0.2) is 0 Å². The van der Waals surface area contributed by atoms with Crippen LogP contribution in [0.3, 0.4) is 0 Å². The van der Waals surface area contributed by atoms with Crippen molar-refractivity contribution in [3.63, 3.8) is 0 Å². The molecule has 0 unspecified atom stereocenters. The van der Waals surface area contributed by atoms with Gasteiger partial charge in [-0.3, -0.25) is 4.72 Å². The van der Waals surface area contributed by atoms with Gasteiger partial charge in [-0.2, -0.15) is 0 Å². The first-order valence-corrected chi connectivity index (χ1v) is 11.2. The van der Waals surface area contributed by atoms with Gasteiger partial charge in [0.1, 0.15) is 5.75 Å². The van der Waals surface area contributed by atoms with E-state index >= 15 is 0 Å². The lowest BCUT2D eigenvalue weighted by molar-refractivity contribution is 0.309. The van der Waals surface area contributed by atoms with Crippen LogP contribution in [0.25, 0.3) is 0 Å². The summed E-state index contributed by atoms with van der Waals surface area (Å²) in [5.41, 5.74) is 1.71. The Bertz CT molecular complexity index is 812. The molecule has 3 rings (SSSR count). The smallest absolute Gasteiger partial charge is 0.261 e. The molecular formula is C21H28N2O3S. The standard InChI is InChI=1S/C21H28N2O3S/c1-2-3-17-26-20-11-13-21(14-12-20)27(24,25)22-18-7-9-19(10-8-18)23-15-5-4-6-16-23/h7-14,22H,2-6,15-17H2,1H3. The van der Waals surface area contributed by atoms with Crippen LogP contribution in [0.4, 0.5) is 11.4 Å². The third-order valence-electron chi connectivity index (χ3n) is 4.74. The number of nitrogens with zero attached hydrogens (tertiary/aromatic N) is 1. The molecule has 1 fully saturated rings. The number of sulfonamides is 1. The van der Waals surface area contributed by atoms with E-state index in [1.165, 1.54) is 19.3 Å². The summed E-state index contributed by atoms with van der Waals surface area (Å²) in [6.07, 6.45) is 5.76. The number of hydrogen-bond acceptors (Lipinski definition) is 4. The molecule has 2 aromatic carbocycles. The van der Waals surface area contributed by atoms with Crippen molar-refractivity contribution in [1.82, 2.24) is 0 Å². The highest BCUT2D eigenvalue weighted by molar-refractivity contribution is 7.92. The number of rotatable bonds is 8. The maximum absolute atomic E-state index is 12.6. The number of piperidine rings is 1. The van der Waals surface area contributed by atoms with Gasteiger partial charge >= 0.3 is 0 Å². The molecule has 1 N–H and O–H groups in total. The van der Waals surface area contributed by atoms with Crippen LogP contribution in [-0.2, 0) is 10.0 Å². The number of ether oxygens (including phenoxy) is 1. The Kier molecular flexibility index (Phi) is 6.61. The quantitative estimate of drug-likeness (QED) is 0.669. The Hall–Kier alpha value is -2.21. The number of anilines is 2. The van der Waals surface area contributed by atoms with Crippen LogP contribution in [0.15, 0.2) is 53.4 Å². The predicted molar refractivity (Wildman–Crippen MR) is 110 cm³/mol. The second-order valence-corrected chi connectivity index (χ2v) is 8.56. The molecule has 1 aliphatic heterocycles. The SMILES string of the molecule is CCCCOc1ccc(S(=O)(=O)Nc2ccc(N3CCCCC3)cc2)cc1. The Morgan fingerprint density at radius 2 is 1.63 bits per heavy atom. The fraction of sp³-hybridized carbons (Fsp3) is 0.429. The van der Waals surface area contributed by atoms with Crippen LogP contribution in [0.2, 0.25) is 0 Å². The maximum Gasteiger partial charge on any atom is 0.261 e. The van der Waals surface area contributed by atoms with Crippen LogP contribution >= 0.6 is 0 Å². The summed E-state index contributed by atoms with van der Waals surface area (Å²) >= 11 is 0. The summed E-state index contributed by atoms with van der Waals surface area (Å²) in [6, 6.07) is 14.2. The molecule has 0 aromatic heterocycles. The third kappa shape index (κ3) is 5.39. The van der Waals surface area contributed by atoms with Crippen molar-refractivity contribution in [3.8, 4) is 5.75 Å². The second-order valence-electron chi connectivity index (χ2n) is 6.87. The first-order valence-electron chi connectivity index (χ1n) is 9.69. The van der Waals surface area contributed by atoms with Crippen LogP contribution in [0, 0.1) is 0 Å². The largest absolute Gasteiger partial charge is 0.494 e. The average molecular weight is 389 g/mol. The third-order valence-corrected chi connectivity index (χ3v) is 6.14. The normalized spacial score (nSPS) is 14.8. The minimum Gasteiger partial charge on any atom is -0.494 e. The van der Waals surface area contributed by atoms with Gasteiger partial charge < -0.3 is 9.64 Å². The summed E-state index contributed by atoms with van der Waals surface area (Å²) in [4.78, 5) is 2.57. The molecule has 0 saturated carbocycles. The van der Waals surface area contributed by atoms with Gasteiger partial charge in [0.2, 0.25) is 0 Å². The zero-order chi connectivity index (χ0) is 19.1. The zero-order valence-electron chi connectivity index (χ0n) is 15.9. The van der Waals surface area contributed by atoms with Gasteiger partial charge in [-0.15, -0.1) is 0 Å². The van der Waals surface area contributed by atoms with E-state index in [1.54, 1.807) is 24.3 Å². The van der Waals surface area contributed by atoms with E-state index in [4.69, 9.17) is 4.74 Å². The van der Waals surface area contributed by atoms with Crippen molar-refractivity contribution in [2.24, 2.45) is 0 Å². The van der Waals surface area contributed by atoms with Crippen LogP contribution < -0.4 is 14.4 Å². The van der Waals surface area contributed by atoms with Gasteiger partial charge in [-0.25, -0.2) is 8.42 Å². The van der Waals surface area contributed by atoms with E-state index in [9.17, 15) is 8.42 Å². The first-order chi connectivity index (χ1) is 13.1.